The molecule has 0 radical (unpaired) electrons. The molecule has 1 aromatic carbocycles. The summed E-state index contributed by atoms with van der Waals surface area (Å²) in [5.74, 6) is 1.33. The number of aromatic amines is 1. The third-order valence-electron chi connectivity index (χ3n) is 3.91. The van der Waals surface area contributed by atoms with Crippen molar-refractivity contribution in [1.82, 2.24) is 15.6 Å². The Kier molecular flexibility index (Phi) is 7.77. The van der Waals surface area contributed by atoms with E-state index in [0.717, 1.165) is 23.4 Å². The van der Waals surface area contributed by atoms with Crippen molar-refractivity contribution in [2.75, 3.05) is 46.6 Å². The van der Waals surface area contributed by atoms with Crippen molar-refractivity contribution in [3.8, 4) is 22.6 Å². The van der Waals surface area contributed by atoms with E-state index in [2.05, 4.69) is 15.6 Å². The van der Waals surface area contributed by atoms with Gasteiger partial charge in [-0.1, -0.05) is 6.07 Å². The minimum Gasteiger partial charge on any atom is -0.486 e. The van der Waals surface area contributed by atoms with Crippen LogP contribution in [0.2, 0.25) is 0 Å². The number of hydrogen-bond acceptors (Lipinski definition) is 5. The van der Waals surface area contributed by atoms with Gasteiger partial charge in [-0.05, 0) is 17.7 Å². The molecule has 8 heteroatoms. The number of ether oxygens (including phenoxy) is 3. The summed E-state index contributed by atoms with van der Waals surface area (Å²) in [6.07, 6.45) is 3.52. The van der Waals surface area contributed by atoms with E-state index in [9.17, 15) is 4.79 Å². The van der Waals surface area contributed by atoms with Crippen molar-refractivity contribution in [3.05, 3.63) is 36.2 Å². The molecule has 26 heavy (non-hydrogen) atoms. The van der Waals surface area contributed by atoms with Crippen molar-refractivity contribution >= 4 is 18.3 Å². The van der Waals surface area contributed by atoms with Gasteiger partial charge in [-0.2, -0.15) is 0 Å². The fourth-order valence-corrected chi connectivity index (χ4v) is 2.66. The smallest absolute Gasteiger partial charge is 0.253 e. The van der Waals surface area contributed by atoms with Crippen molar-refractivity contribution in [2.24, 2.45) is 0 Å². The molecular weight excluding hydrogens is 358 g/mol. The van der Waals surface area contributed by atoms with Crippen LogP contribution in [0.3, 0.4) is 0 Å². The zero-order valence-corrected chi connectivity index (χ0v) is 15.5. The molecule has 1 aliphatic rings. The second-order valence-electron chi connectivity index (χ2n) is 5.64. The van der Waals surface area contributed by atoms with E-state index < -0.39 is 0 Å². The number of aromatic nitrogens is 1. The van der Waals surface area contributed by atoms with E-state index in [1.165, 1.54) is 0 Å². The van der Waals surface area contributed by atoms with Gasteiger partial charge in [0, 0.05) is 44.7 Å². The molecule has 7 nitrogen and oxygen atoms in total. The average Bonchev–Trinajstić information content (AvgIpc) is 3.14. The predicted molar refractivity (Wildman–Crippen MR) is 102 cm³/mol. The van der Waals surface area contributed by atoms with Gasteiger partial charge in [-0.15, -0.1) is 12.4 Å². The molecule has 0 bridgehead atoms. The Morgan fingerprint density at radius 2 is 1.96 bits per heavy atom. The van der Waals surface area contributed by atoms with Crippen LogP contribution in [0, 0.1) is 0 Å². The van der Waals surface area contributed by atoms with Crippen LogP contribution in [-0.2, 0) is 4.74 Å². The Morgan fingerprint density at radius 3 is 2.77 bits per heavy atom. The summed E-state index contributed by atoms with van der Waals surface area (Å²) in [6.45, 7) is 3.75. The number of halogens is 1. The molecule has 3 N–H and O–H groups in total. The summed E-state index contributed by atoms with van der Waals surface area (Å²) in [4.78, 5) is 15.4. The lowest BCUT2D eigenvalue weighted by molar-refractivity contribution is 0.0954. The van der Waals surface area contributed by atoms with Gasteiger partial charge in [0.2, 0.25) is 0 Å². The third kappa shape index (κ3) is 4.91. The monoisotopic (exact) mass is 381 g/mol. The number of amides is 1. The first-order valence-electron chi connectivity index (χ1n) is 8.34. The van der Waals surface area contributed by atoms with E-state index in [1.807, 2.05) is 24.4 Å². The summed E-state index contributed by atoms with van der Waals surface area (Å²) in [6, 6.07) is 5.71. The van der Waals surface area contributed by atoms with Crippen LogP contribution in [0.15, 0.2) is 30.6 Å². The van der Waals surface area contributed by atoms with Gasteiger partial charge >= 0.3 is 0 Å². The second kappa shape index (κ2) is 10.1. The van der Waals surface area contributed by atoms with E-state index in [0.29, 0.717) is 44.2 Å². The molecule has 0 fully saturated rings. The zero-order chi connectivity index (χ0) is 17.5. The number of carbonyl (C=O) groups is 1. The van der Waals surface area contributed by atoms with E-state index in [4.69, 9.17) is 14.2 Å². The van der Waals surface area contributed by atoms with Crippen molar-refractivity contribution in [2.45, 2.75) is 0 Å². The van der Waals surface area contributed by atoms with E-state index in [1.54, 1.807) is 13.3 Å². The highest BCUT2D eigenvalue weighted by Crippen LogP contribution is 2.35. The van der Waals surface area contributed by atoms with Gasteiger partial charge in [0.15, 0.2) is 11.5 Å². The highest BCUT2D eigenvalue weighted by atomic mass is 35.5. The summed E-state index contributed by atoms with van der Waals surface area (Å²) in [5, 5.41) is 6.11. The lowest BCUT2D eigenvalue weighted by Crippen LogP contribution is -2.33. The molecule has 0 spiro atoms. The number of carbonyl (C=O) groups excluding carboxylic acids is 1. The van der Waals surface area contributed by atoms with Crippen LogP contribution >= 0.6 is 12.4 Å². The van der Waals surface area contributed by atoms with Crippen LogP contribution in [-0.4, -0.2) is 57.5 Å². The quantitative estimate of drug-likeness (QED) is 0.608. The Balaban J connectivity index is 0.00000243. The first kappa shape index (κ1) is 20.1. The van der Waals surface area contributed by atoms with Crippen LogP contribution in [0.25, 0.3) is 11.1 Å². The maximum absolute atomic E-state index is 12.4. The Morgan fingerprint density at radius 1 is 1.15 bits per heavy atom. The van der Waals surface area contributed by atoms with Gasteiger partial charge in [-0.25, -0.2) is 0 Å². The first-order chi connectivity index (χ1) is 12.3. The maximum Gasteiger partial charge on any atom is 0.253 e. The minimum atomic E-state index is -0.111. The van der Waals surface area contributed by atoms with Gasteiger partial charge in [0.05, 0.1) is 12.2 Å². The number of benzene rings is 1. The zero-order valence-electron chi connectivity index (χ0n) is 14.7. The molecule has 2 heterocycles. The molecule has 0 unspecified atom stereocenters. The highest BCUT2D eigenvalue weighted by Gasteiger charge is 2.17. The number of methoxy groups -OCH3 is 1. The number of rotatable bonds is 8. The second-order valence-corrected chi connectivity index (χ2v) is 5.64. The molecule has 2 aromatic rings. The summed E-state index contributed by atoms with van der Waals surface area (Å²) < 4.78 is 16.1. The van der Waals surface area contributed by atoms with Gasteiger partial charge < -0.3 is 29.8 Å². The fourth-order valence-electron chi connectivity index (χ4n) is 2.66. The van der Waals surface area contributed by atoms with Gasteiger partial charge in [0.1, 0.15) is 13.2 Å². The van der Waals surface area contributed by atoms with E-state index >= 15 is 0 Å². The average molecular weight is 382 g/mol. The predicted octanol–water partition coefficient (Wildman–Crippen LogP) is 1.84. The first-order valence-corrected chi connectivity index (χ1v) is 8.34. The van der Waals surface area contributed by atoms with Crippen LogP contribution in [0.4, 0.5) is 0 Å². The molecular formula is C18H24ClN3O4. The van der Waals surface area contributed by atoms with Gasteiger partial charge in [0.25, 0.3) is 5.91 Å². The molecule has 3 rings (SSSR count). The topological polar surface area (TPSA) is 84.6 Å². The summed E-state index contributed by atoms with van der Waals surface area (Å²) in [5.41, 5.74) is 2.35. The molecule has 0 aliphatic carbocycles. The van der Waals surface area contributed by atoms with Crippen LogP contribution in [0.1, 0.15) is 10.4 Å². The number of nitrogens with one attached hydrogen (secondary N) is 3. The SMILES string of the molecule is COCCNCCNC(=O)c1c[nH]cc1-c1ccc2c(c1)OCCO2.Cl. The lowest BCUT2D eigenvalue weighted by atomic mass is 10.0. The van der Waals surface area contributed by atoms with Crippen LogP contribution < -0.4 is 20.1 Å². The molecule has 0 atom stereocenters. The molecule has 1 aliphatic heterocycles. The highest BCUT2D eigenvalue weighted by molar-refractivity contribution is 6.00. The van der Waals surface area contributed by atoms with Crippen molar-refractivity contribution in [3.63, 3.8) is 0 Å². The number of H-pyrrole nitrogens is 1. The van der Waals surface area contributed by atoms with E-state index in [-0.39, 0.29) is 18.3 Å². The standard InChI is InChI=1S/C18H23N3O4.ClH/c1-23-7-6-19-4-5-21-18(22)15-12-20-11-14(15)13-2-3-16-17(10-13)25-9-8-24-16;/h2-3,10-12,19-20H,4-9H2,1H3,(H,21,22);1H. The van der Waals surface area contributed by atoms with Crippen molar-refractivity contribution < 1.29 is 19.0 Å². The largest absolute Gasteiger partial charge is 0.486 e. The normalized spacial score (nSPS) is 12.3. The minimum absolute atomic E-state index is 0. The maximum atomic E-state index is 12.4. The Hall–Kier alpha value is -2.22. The summed E-state index contributed by atoms with van der Waals surface area (Å²) in [7, 11) is 1.66. The Labute approximate surface area is 158 Å². The van der Waals surface area contributed by atoms with Crippen molar-refractivity contribution in [1.29, 1.82) is 0 Å². The summed E-state index contributed by atoms with van der Waals surface area (Å²) >= 11 is 0. The molecule has 1 aromatic heterocycles. The number of fused-ring (bicyclic) bond motifs is 1. The Bertz CT molecular complexity index is 720. The molecule has 0 saturated carbocycles. The lowest BCUT2D eigenvalue weighted by Gasteiger charge is -2.19. The molecule has 142 valence electrons. The van der Waals surface area contributed by atoms with Gasteiger partial charge in [-0.3, -0.25) is 4.79 Å². The van der Waals surface area contributed by atoms with Crippen LogP contribution in [0.5, 0.6) is 11.5 Å². The molecule has 1 amide bonds. The number of hydrogen-bond donors (Lipinski definition) is 3. The molecule has 0 saturated heterocycles. The third-order valence-corrected chi connectivity index (χ3v) is 3.91. The fraction of sp³-hybridized carbons (Fsp3) is 0.389.